The highest BCUT2D eigenvalue weighted by Crippen LogP contribution is 2.36. The van der Waals surface area contributed by atoms with Crippen LogP contribution in [-0.4, -0.2) is 18.3 Å². The third-order valence-corrected chi connectivity index (χ3v) is 3.69. The average molecular weight is 284 g/mol. The molecule has 2 aromatic carbocycles. The van der Waals surface area contributed by atoms with Gasteiger partial charge in [0, 0.05) is 12.0 Å². The van der Waals surface area contributed by atoms with Crippen LogP contribution in [-0.2, 0) is 6.42 Å². The molecule has 0 amide bonds. The van der Waals surface area contributed by atoms with Crippen molar-refractivity contribution in [3.8, 4) is 11.5 Å². The Kier molecular flexibility index (Phi) is 4.11. The minimum Gasteiger partial charge on any atom is -0.494 e. The molecule has 0 radical (unpaired) electrons. The third kappa shape index (κ3) is 2.88. The van der Waals surface area contributed by atoms with Crippen molar-refractivity contribution in [2.45, 2.75) is 25.9 Å². The highest BCUT2D eigenvalue weighted by atomic mass is 16.5. The van der Waals surface area contributed by atoms with Gasteiger partial charge in [-0.3, -0.25) is 0 Å². The van der Waals surface area contributed by atoms with Crippen LogP contribution in [0.15, 0.2) is 42.5 Å². The Morgan fingerprint density at radius 2 is 2.10 bits per heavy atom. The Bertz CT molecular complexity index is 622. The molecule has 110 valence electrons. The van der Waals surface area contributed by atoms with Gasteiger partial charge in [-0.05, 0) is 29.7 Å². The standard InChI is InChI=1S/C18H20O3/c1-2-10-20-15-7-3-6-14(12-15)17(19)16-8-4-5-13-9-11-21-18(13)16/h3-8,12,17,19H,2,9-11H2,1H3. The zero-order valence-electron chi connectivity index (χ0n) is 12.2. The lowest BCUT2D eigenvalue weighted by atomic mass is 9.98. The van der Waals surface area contributed by atoms with Gasteiger partial charge in [-0.2, -0.15) is 0 Å². The van der Waals surface area contributed by atoms with Gasteiger partial charge in [0.05, 0.1) is 13.2 Å². The molecule has 0 fully saturated rings. The fourth-order valence-corrected chi connectivity index (χ4v) is 2.63. The molecule has 1 N–H and O–H groups in total. The maximum absolute atomic E-state index is 10.7. The van der Waals surface area contributed by atoms with E-state index in [0.29, 0.717) is 13.2 Å². The Labute approximate surface area is 125 Å². The van der Waals surface area contributed by atoms with Gasteiger partial charge < -0.3 is 14.6 Å². The second-order valence-corrected chi connectivity index (χ2v) is 5.26. The molecule has 0 aliphatic carbocycles. The monoisotopic (exact) mass is 284 g/mol. The second-order valence-electron chi connectivity index (χ2n) is 5.26. The van der Waals surface area contributed by atoms with E-state index in [1.165, 1.54) is 5.56 Å². The van der Waals surface area contributed by atoms with Gasteiger partial charge in [-0.15, -0.1) is 0 Å². The molecule has 0 bridgehead atoms. The fourth-order valence-electron chi connectivity index (χ4n) is 2.63. The molecule has 0 saturated carbocycles. The van der Waals surface area contributed by atoms with Crippen molar-refractivity contribution >= 4 is 0 Å². The molecule has 0 spiro atoms. The number of rotatable bonds is 5. The summed E-state index contributed by atoms with van der Waals surface area (Å²) in [4.78, 5) is 0. The molecule has 0 aromatic heterocycles. The van der Waals surface area contributed by atoms with Crippen molar-refractivity contribution in [2.24, 2.45) is 0 Å². The predicted molar refractivity (Wildman–Crippen MR) is 81.9 cm³/mol. The summed E-state index contributed by atoms with van der Waals surface area (Å²) in [6.07, 6.45) is 1.19. The number of ether oxygens (including phenoxy) is 2. The van der Waals surface area contributed by atoms with Gasteiger partial charge >= 0.3 is 0 Å². The van der Waals surface area contributed by atoms with E-state index in [-0.39, 0.29) is 0 Å². The maximum atomic E-state index is 10.7. The molecule has 1 aliphatic heterocycles. The second kappa shape index (κ2) is 6.19. The lowest BCUT2D eigenvalue weighted by Crippen LogP contribution is -2.03. The molecule has 1 aliphatic rings. The van der Waals surface area contributed by atoms with Crippen LogP contribution in [0.2, 0.25) is 0 Å². The van der Waals surface area contributed by atoms with Gasteiger partial charge in [0.2, 0.25) is 0 Å². The molecular formula is C18H20O3. The summed E-state index contributed by atoms with van der Waals surface area (Å²) in [7, 11) is 0. The highest BCUT2D eigenvalue weighted by Gasteiger charge is 2.21. The Morgan fingerprint density at radius 3 is 2.95 bits per heavy atom. The number of para-hydroxylation sites is 1. The van der Waals surface area contributed by atoms with Gasteiger partial charge in [0.1, 0.15) is 17.6 Å². The summed E-state index contributed by atoms with van der Waals surface area (Å²) >= 11 is 0. The molecule has 1 heterocycles. The van der Waals surface area contributed by atoms with E-state index in [1.807, 2.05) is 36.4 Å². The van der Waals surface area contributed by atoms with Crippen molar-refractivity contribution in [1.82, 2.24) is 0 Å². The summed E-state index contributed by atoms with van der Waals surface area (Å²) in [5.74, 6) is 1.63. The topological polar surface area (TPSA) is 38.7 Å². The minimum atomic E-state index is -0.691. The first-order valence-electron chi connectivity index (χ1n) is 7.45. The Balaban J connectivity index is 1.88. The number of hydrogen-bond donors (Lipinski definition) is 1. The van der Waals surface area contributed by atoms with E-state index in [0.717, 1.165) is 35.5 Å². The molecular weight excluding hydrogens is 264 g/mol. The molecule has 21 heavy (non-hydrogen) atoms. The molecule has 3 heteroatoms. The zero-order chi connectivity index (χ0) is 14.7. The van der Waals surface area contributed by atoms with Gasteiger partial charge in [-0.1, -0.05) is 37.3 Å². The summed E-state index contributed by atoms with van der Waals surface area (Å²) < 4.78 is 11.3. The SMILES string of the molecule is CCCOc1cccc(C(O)c2cccc3c2OCC3)c1. The van der Waals surface area contributed by atoms with Crippen LogP contribution in [0.25, 0.3) is 0 Å². The lowest BCUT2D eigenvalue weighted by Gasteiger charge is -2.16. The maximum Gasteiger partial charge on any atom is 0.128 e. The average Bonchev–Trinajstić information content (AvgIpc) is 3.01. The largest absolute Gasteiger partial charge is 0.494 e. The van der Waals surface area contributed by atoms with Gasteiger partial charge in [0.15, 0.2) is 0 Å². The smallest absolute Gasteiger partial charge is 0.128 e. The molecule has 0 saturated heterocycles. The van der Waals surface area contributed by atoms with E-state index in [2.05, 4.69) is 13.0 Å². The van der Waals surface area contributed by atoms with Gasteiger partial charge in [0.25, 0.3) is 0 Å². The summed E-state index contributed by atoms with van der Waals surface area (Å²) in [6, 6.07) is 13.6. The minimum absolute atomic E-state index is 0.684. The predicted octanol–water partition coefficient (Wildman–Crippen LogP) is 3.49. The van der Waals surface area contributed by atoms with E-state index >= 15 is 0 Å². The lowest BCUT2D eigenvalue weighted by molar-refractivity contribution is 0.213. The summed E-state index contributed by atoms with van der Waals surface area (Å²) in [5.41, 5.74) is 2.83. The first kappa shape index (κ1) is 14.0. The van der Waals surface area contributed by atoms with Crippen LogP contribution in [0, 0.1) is 0 Å². The molecule has 2 aromatic rings. The van der Waals surface area contributed by atoms with Gasteiger partial charge in [-0.25, -0.2) is 0 Å². The quantitative estimate of drug-likeness (QED) is 0.913. The number of fused-ring (bicyclic) bond motifs is 1. The van der Waals surface area contributed by atoms with Crippen LogP contribution in [0.4, 0.5) is 0 Å². The fraction of sp³-hybridized carbons (Fsp3) is 0.333. The molecule has 3 rings (SSSR count). The van der Waals surface area contributed by atoms with E-state index in [9.17, 15) is 5.11 Å². The van der Waals surface area contributed by atoms with E-state index in [4.69, 9.17) is 9.47 Å². The summed E-state index contributed by atoms with van der Waals surface area (Å²) in [5, 5.41) is 10.7. The van der Waals surface area contributed by atoms with Crippen LogP contribution in [0.3, 0.4) is 0 Å². The number of aliphatic hydroxyl groups excluding tert-OH is 1. The third-order valence-electron chi connectivity index (χ3n) is 3.69. The normalized spacial score (nSPS) is 14.4. The highest BCUT2D eigenvalue weighted by molar-refractivity contribution is 5.48. The van der Waals surface area contributed by atoms with Crippen LogP contribution in [0.1, 0.15) is 36.1 Å². The Morgan fingerprint density at radius 1 is 1.24 bits per heavy atom. The summed E-state index contributed by atoms with van der Waals surface area (Å²) in [6.45, 7) is 3.45. The van der Waals surface area contributed by atoms with Crippen molar-refractivity contribution in [1.29, 1.82) is 0 Å². The van der Waals surface area contributed by atoms with Crippen molar-refractivity contribution in [2.75, 3.05) is 13.2 Å². The van der Waals surface area contributed by atoms with Crippen LogP contribution >= 0.6 is 0 Å². The Hall–Kier alpha value is -2.00. The van der Waals surface area contributed by atoms with Crippen molar-refractivity contribution < 1.29 is 14.6 Å². The number of hydrogen-bond acceptors (Lipinski definition) is 3. The van der Waals surface area contributed by atoms with Crippen LogP contribution in [0.5, 0.6) is 11.5 Å². The molecule has 3 nitrogen and oxygen atoms in total. The molecule has 1 unspecified atom stereocenters. The first-order chi connectivity index (χ1) is 10.3. The van der Waals surface area contributed by atoms with Crippen LogP contribution < -0.4 is 9.47 Å². The number of benzene rings is 2. The van der Waals surface area contributed by atoms with E-state index in [1.54, 1.807) is 0 Å². The zero-order valence-corrected chi connectivity index (χ0v) is 12.2. The van der Waals surface area contributed by atoms with Crippen molar-refractivity contribution in [3.63, 3.8) is 0 Å². The molecule has 1 atom stereocenters. The van der Waals surface area contributed by atoms with Crippen molar-refractivity contribution in [3.05, 3.63) is 59.2 Å². The first-order valence-corrected chi connectivity index (χ1v) is 7.45. The van der Waals surface area contributed by atoms with E-state index < -0.39 is 6.10 Å². The number of aliphatic hydroxyl groups is 1.